The minimum Gasteiger partial charge on any atom is -0.508 e. The van der Waals surface area contributed by atoms with Crippen LogP contribution in [0.2, 0.25) is 0 Å². The van der Waals surface area contributed by atoms with Crippen molar-refractivity contribution in [1.29, 1.82) is 0 Å². The molecule has 2 unspecified atom stereocenters. The Morgan fingerprint density at radius 3 is 1.23 bits per heavy atom. The van der Waals surface area contributed by atoms with E-state index in [0.717, 1.165) is 11.1 Å². The van der Waals surface area contributed by atoms with Gasteiger partial charge in [0.15, 0.2) is 0 Å². The normalized spacial score (nSPS) is 27.5. The minimum absolute atomic E-state index is 0.113. The molecule has 0 fully saturated rings. The number of hydrogen-bond donors (Lipinski definition) is 4. The lowest BCUT2D eigenvalue weighted by atomic mass is 9.62. The van der Waals surface area contributed by atoms with Gasteiger partial charge in [0, 0.05) is 19.3 Å². The molecule has 0 spiro atoms. The Hall–Kier alpha value is -1.52. The molecule has 178 valence electrons. The Morgan fingerprint density at radius 1 is 0.710 bits per heavy atom. The summed E-state index contributed by atoms with van der Waals surface area (Å²) in [5.41, 5.74) is -0.433. The van der Waals surface area contributed by atoms with Crippen LogP contribution >= 0.6 is 0 Å². The number of allylic oxidation sites excluding steroid dienone is 2. The first-order chi connectivity index (χ1) is 13.9. The molecule has 0 saturated carbocycles. The van der Waals surface area contributed by atoms with Crippen LogP contribution in [0.15, 0.2) is 46.0 Å². The van der Waals surface area contributed by atoms with Gasteiger partial charge in [-0.3, -0.25) is 0 Å². The molecule has 2 rings (SSSR count). The Kier molecular flexibility index (Phi) is 8.47. The topological polar surface area (TPSA) is 80.9 Å². The average molecular weight is 435 g/mol. The highest BCUT2D eigenvalue weighted by Crippen LogP contribution is 2.51. The van der Waals surface area contributed by atoms with E-state index in [4.69, 9.17) is 0 Å². The molecule has 2 aliphatic rings. The summed E-state index contributed by atoms with van der Waals surface area (Å²) in [4.78, 5) is 0. The average Bonchev–Trinajstić information content (AvgIpc) is 2.59. The molecular weight excluding hydrogens is 388 g/mol. The Labute approximate surface area is 190 Å². The smallest absolute Gasteiger partial charge is 0.114 e. The van der Waals surface area contributed by atoms with Gasteiger partial charge in [0.2, 0.25) is 0 Å². The molecule has 0 radical (unpaired) electrons. The second-order valence-corrected chi connectivity index (χ2v) is 11.5. The molecule has 0 aromatic heterocycles. The van der Waals surface area contributed by atoms with Gasteiger partial charge >= 0.3 is 0 Å². The fourth-order valence-corrected chi connectivity index (χ4v) is 4.67. The summed E-state index contributed by atoms with van der Waals surface area (Å²) in [5.74, 6) is 0.390. The van der Waals surface area contributed by atoms with Crippen molar-refractivity contribution in [2.24, 2.45) is 10.8 Å². The fraction of sp³-hybridized carbons (Fsp3) is 0.704. The molecule has 0 aromatic carbocycles. The summed E-state index contributed by atoms with van der Waals surface area (Å²) < 4.78 is 0. The zero-order valence-corrected chi connectivity index (χ0v) is 21.5. The van der Waals surface area contributed by atoms with Gasteiger partial charge in [-0.1, -0.05) is 68.2 Å². The third kappa shape index (κ3) is 6.49. The van der Waals surface area contributed by atoms with Crippen molar-refractivity contribution in [2.75, 3.05) is 0 Å². The van der Waals surface area contributed by atoms with Crippen LogP contribution in [0.1, 0.15) is 101 Å². The first-order valence-electron chi connectivity index (χ1n) is 11.6. The van der Waals surface area contributed by atoms with E-state index < -0.39 is 11.2 Å². The highest BCUT2D eigenvalue weighted by molar-refractivity contribution is 5.43. The van der Waals surface area contributed by atoms with E-state index in [1.807, 2.05) is 41.5 Å². The number of aliphatic hydroxyl groups excluding tert-OH is 2. The van der Waals surface area contributed by atoms with Crippen LogP contribution < -0.4 is 0 Å². The van der Waals surface area contributed by atoms with Crippen LogP contribution in [-0.2, 0) is 0 Å². The predicted molar refractivity (Wildman–Crippen MR) is 130 cm³/mol. The highest BCUT2D eigenvalue weighted by Gasteiger charge is 2.50. The van der Waals surface area contributed by atoms with Crippen molar-refractivity contribution < 1.29 is 20.4 Å². The molecule has 0 heterocycles. The van der Waals surface area contributed by atoms with Crippen LogP contribution in [0.5, 0.6) is 0 Å². The Bertz CT molecular complexity index is 717. The quantitative estimate of drug-likeness (QED) is 0.383. The first kappa shape index (κ1) is 27.5. The van der Waals surface area contributed by atoms with E-state index >= 15 is 0 Å². The number of aliphatic hydroxyl groups is 4. The van der Waals surface area contributed by atoms with E-state index in [-0.39, 0.29) is 41.6 Å². The van der Waals surface area contributed by atoms with Crippen LogP contribution in [0, 0.1) is 10.8 Å². The van der Waals surface area contributed by atoms with Crippen LogP contribution in [0.4, 0.5) is 0 Å². The van der Waals surface area contributed by atoms with Crippen LogP contribution in [-0.4, -0.2) is 31.6 Å². The summed E-state index contributed by atoms with van der Waals surface area (Å²) in [6.45, 7) is 20.0. The van der Waals surface area contributed by atoms with Crippen LogP contribution in [0.25, 0.3) is 0 Å². The monoisotopic (exact) mass is 434 g/mol. The molecule has 0 aliphatic heterocycles. The third-order valence-electron chi connectivity index (χ3n) is 6.26. The van der Waals surface area contributed by atoms with Gasteiger partial charge in [0.05, 0.1) is 11.2 Å². The van der Waals surface area contributed by atoms with Gasteiger partial charge in [0.25, 0.3) is 0 Å². The zero-order valence-electron chi connectivity index (χ0n) is 21.5. The maximum atomic E-state index is 11.7. The summed E-state index contributed by atoms with van der Waals surface area (Å²) in [5, 5.41) is 44.0. The van der Waals surface area contributed by atoms with Gasteiger partial charge in [-0.25, -0.2) is 0 Å². The van der Waals surface area contributed by atoms with Gasteiger partial charge in [0.1, 0.15) is 11.5 Å². The largest absolute Gasteiger partial charge is 0.508 e. The van der Waals surface area contributed by atoms with E-state index in [0.29, 0.717) is 11.1 Å². The second-order valence-electron chi connectivity index (χ2n) is 11.5. The van der Waals surface area contributed by atoms with Crippen molar-refractivity contribution in [3.8, 4) is 0 Å². The first-order valence-corrected chi connectivity index (χ1v) is 11.6. The number of hydrogen-bond acceptors (Lipinski definition) is 4. The third-order valence-corrected chi connectivity index (χ3v) is 6.26. The standard InChI is InChI=1S/C23H36O4.C4H10/c1-14-11-22(26,18(9-16(14)24)20(3,4)5)13-23(27)12-15(2)17(25)10-19(23)21(6,7)8;1-3-4-2/h9-10,24-27H,11-13H2,1-8H3;3-4H2,1-2H3. The lowest BCUT2D eigenvalue weighted by Crippen LogP contribution is -2.50. The molecular formula is C27H46O4. The van der Waals surface area contributed by atoms with Crippen LogP contribution in [0.3, 0.4) is 0 Å². The lowest BCUT2D eigenvalue weighted by Gasteiger charge is -2.48. The summed E-state index contributed by atoms with van der Waals surface area (Å²) in [7, 11) is 0. The summed E-state index contributed by atoms with van der Waals surface area (Å²) in [6.07, 6.45) is 6.62. The van der Waals surface area contributed by atoms with Crippen molar-refractivity contribution in [3.63, 3.8) is 0 Å². The van der Waals surface area contributed by atoms with E-state index in [9.17, 15) is 20.4 Å². The highest BCUT2D eigenvalue weighted by atomic mass is 16.3. The van der Waals surface area contributed by atoms with Crippen molar-refractivity contribution in [2.45, 2.75) is 113 Å². The van der Waals surface area contributed by atoms with E-state index in [2.05, 4.69) is 13.8 Å². The molecule has 0 aromatic rings. The number of rotatable bonds is 3. The second kappa shape index (κ2) is 9.54. The molecule has 2 atom stereocenters. The van der Waals surface area contributed by atoms with Gasteiger partial charge in [-0.05, 0) is 59.1 Å². The van der Waals surface area contributed by atoms with Crippen molar-refractivity contribution in [1.82, 2.24) is 0 Å². The van der Waals surface area contributed by atoms with E-state index in [1.165, 1.54) is 12.8 Å². The molecule has 31 heavy (non-hydrogen) atoms. The molecule has 0 bridgehead atoms. The van der Waals surface area contributed by atoms with E-state index in [1.54, 1.807) is 26.0 Å². The Balaban J connectivity index is 0.00000110. The molecule has 0 amide bonds. The molecule has 4 heteroatoms. The van der Waals surface area contributed by atoms with Gasteiger partial charge < -0.3 is 20.4 Å². The summed E-state index contributed by atoms with van der Waals surface area (Å²) >= 11 is 0. The summed E-state index contributed by atoms with van der Waals surface area (Å²) in [6, 6.07) is 0. The van der Waals surface area contributed by atoms with Crippen molar-refractivity contribution >= 4 is 0 Å². The molecule has 4 nitrogen and oxygen atoms in total. The fourth-order valence-electron chi connectivity index (χ4n) is 4.67. The number of unbranched alkanes of at least 4 members (excludes halogenated alkanes) is 1. The predicted octanol–water partition coefficient (Wildman–Crippen LogP) is 7.06. The Morgan fingerprint density at radius 2 is 1.00 bits per heavy atom. The van der Waals surface area contributed by atoms with Gasteiger partial charge in [-0.2, -0.15) is 0 Å². The van der Waals surface area contributed by atoms with Gasteiger partial charge in [-0.15, -0.1) is 0 Å². The molecule has 2 aliphatic carbocycles. The zero-order chi connectivity index (χ0) is 24.4. The minimum atomic E-state index is -1.28. The lowest BCUT2D eigenvalue weighted by molar-refractivity contribution is -0.0435. The maximum absolute atomic E-state index is 11.7. The van der Waals surface area contributed by atoms with Crippen molar-refractivity contribution in [3.05, 3.63) is 46.0 Å². The SMILES string of the molecule is CC1=C(O)C=C(C(C)(C)C)C(O)(CC2(O)CC(C)=C(O)C=C2C(C)(C)C)C1.CCCC. The molecule has 4 N–H and O–H groups in total. The molecule has 0 saturated heterocycles. The maximum Gasteiger partial charge on any atom is 0.114 e.